The summed E-state index contributed by atoms with van der Waals surface area (Å²) < 4.78 is 0. The number of aryl methyl sites for hydroxylation is 1. The van der Waals surface area contributed by atoms with Gasteiger partial charge in [-0.15, -0.1) is 0 Å². The summed E-state index contributed by atoms with van der Waals surface area (Å²) in [5, 5.41) is 0. The smallest absolute Gasteiger partial charge is 0.129 e. The molecule has 2 rings (SSSR count). The van der Waals surface area contributed by atoms with E-state index in [0.717, 1.165) is 36.1 Å². The molecule has 2 N–H and O–H groups in total. The maximum atomic E-state index is 5.71. The first-order valence-electron chi connectivity index (χ1n) is 6.63. The Morgan fingerprint density at radius 1 is 1.56 bits per heavy atom. The quantitative estimate of drug-likeness (QED) is 0.848. The Morgan fingerprint density at radius 3 is 3.00 bits per heavy atom. The van der Waals surface area contributed by atoms with Gasteiger partial charge in [-0.3, -0.25) is 0 Å². The first kappa shape index (κ1) is 13.3. The van der Waals surface area contributed by atoms with Crippen molar-refractivity contribution in [2.45, 2.75) is 33.1 Å². The molecule has 2 heterocycles. The number of thiocarbonyl (C=S) groups is 1. The van der Waals surface area contributed by atoms with E-state index in [1.165, 1.54) is 19.3 Å². The molecule has 0 bridgehead atoms. The molecule has 0 radical (unpaired) electrons. The molecule has 98 valence electrons. The molecule has 3 nitrogen and oxygen atoms in total. The Kier molecular flexibility index (Phi) is 4.17. The van der Waals surface area contributed by atoms with Gasteiger partial charge in [-0.25, -0.2) is 4.98 Å². The van der Waals surface area contributed by atoms with Gasteiger partial charge in [-0.05, 0) is 37.8 Å². The first-order chi connectivity index (χ1) is 8.60. The third kappa shape index (κ3) is 2.99. The molecule has 1 aromatic rings. The van der Waals surface area contributed by atoms with E-state index >= 15 is 0 Å². The van der Waals surface area contributed by atoms with Crippen LogP contribution in [0.1, 0.15) is 37.4 Å². The summed E-state index contributed by atoms with van der Waals surface area (Å²) in [6.45, 7) is 6.45. The number of pyridine rings is 1. The topological polar surface area (TPSA) is 42.1 Å². The van der Waals surface area contributed by atoms with Crippen molar-refractivity contribution in [3.63, 3.8) is 0 Å². The minimum atomic E-state index is 0.450. The van der Waals surface area contributed by atoms with Crippen LogP contribution in [0.25, 0.3) is 0 Å². The average Bonchev–Trinajstić information content (AvgIpc) is 2.77. The highest BCUT2D eigenvalue weighted by Gasteiger charge is 2.23. The molecule has 1 aliphatic heterocycles. The average molecular weight is 263 g/mol. The van der Waals surface area contributed by atoms with E-state index in [4.69, 9.17) is 18.0 Å². The highest BCUT2D eigenvalue weighted by Crippen LogP contribution is 2.26. The predicted octanol–water partition coefficient (Wildman–Crippen LogP) is 2.65. The molecular formula is C14H21N3S. The second-order valence-electron chi connectivity index (χ2n) is 5.11. The van der Waals surface area contributed by atoms with Gasteiger partial charge in [-0.1, -0.05) is 25.6 Å². The molecule has 18 heavy (non-hydrogen) atoms. The summed E-state index contributed by atoms with van der Waals surface area (Å²) in [5.74, 6) is 1.84. The van der Waals surface area contributed by atoms with Gasteiger partial charge in [0.1, 0.15) is 10.8 Å². The normalized spacial score (nSPS) is 19.2. The fourth-order valence-electron chi connectivity index (χ4n) is 2.64. The van der Waals surface area contributed by atoms with Crippen molar-refractivity contribution in [3.05, 3.63) is 23.4 Å². The summed E-state index contributed by atoms with van der Waals surface area (Å²) in [7, 11) is 0. The van der Waals surface area contributed by atoms with Crippen LogP contribution in [-0.2, 0) is 0 Å². The molecule has 1 saturated heterocycles. The third-order valence-corrected chi connectivity index (χ3v) is 3.77. The van der Waals surface area contributed by atoms with E-state index < -0.39 is 0 Å². The fraction of sp³-hybridized carbons (Fsp3) is 0.571. The second-order valence-corrected chi connectivity index (χ2v) is 5.55. The Hall–Kier alpha value is -1.16. The van der Waals surface area contributed by atoms with Gasteiger partial charge in [0, 0.05) is 24.3 Å². The second kappa shape index (κ2) is 5.65. The highest BCUT2D eigenvalue weighted by atomic mass is 32.1. The summed E-state index contributed by atoms with van der Waals surface area (Å²) in [6.07, 6.45) is 3.84. The lowest BCUT2D eigenvalue weighted by Gasteiger charge is -2.19. The van der Waals surface area contributed by atoms with Gasteiger partial charge in [0.25, 0.3) is 0 Å². The Labute approximate surface area is 114 Å². The molecule has 1 fully saturated rings. The van der Waals surface area contributed by atoms with E-state index in [0.29, 0.717) is 4.99 Å². The summed E-state index contributed by atoms with van der Waals surface area (Å²) in [6, 6.07) is 3.97. The zero-order valence-corrected chi connectivity index (χ0v) is 12.0. The minimum absolute atomic E-state index is 0.450. The number of hydrogen-bond acceptors (Lipinski definition) is 3. The van der Waals surface area contributed by atoms with Gasteiger partial charge in [0.15, 0.2) is 0 Å². The van der Waals surface area contributed by atoms with Crippen LogP contribution in [0.2, 0.25) is 0 Å². The molecule has 0 aliphatic carbocycles. The van der Waals surface area contributed by atoms with Crippen LogP contribution >= 0.6 is 12.2 Å². The third-order valence-electron chi connectivity index (χ3n) is 3.53. The molecule has 1 aliphatic rings. The van der Waals surface area contributed by atoms with Gasteiger partial charge in [-0.2, -0.15) is 0 Å². The van der Waals surface area contributed by atoms with E-state index in [9.17, 15) is 0 Å². The van der Waals surface area contributed by atoms with Crippen molar-refractivity contribution in [3.8, 4) is 0 Å². The van der Waals surface area contributed by atoms with Crippen LogP contribution in [0.4, 0.5) is 5.82 Å². The van der Waals surface area contributed by atoms with Gasteiger partial charge in [0.05, 0.1) is 0 Å². The summed E-state index contributed by atoms with van der Waals surface area (Å²) >= 11 is 5.05. The SMILES string of the molecule is CCCC1CCN(c2cc(C(N)=S)cc(C)n2)C1. The summed E-state index contributed by atoms with van der Waals surface area (Å²) in [4.78, 5) is 7.41. The van der Waals surface area contributed by atoms with Crippen molar-refractivity contribution in [2.24, 2.45) is 11.7 Å². The predicted molar refractivity (Wildman–Crippen MR) is 80.1 cm³/mol. The van der Waals surface area contributed by atoms with Crippen molar-refractivity contribution < 1.29 is 0 Å². The van der Waals surface area contributed by atoms with Crippen LogP contribution in [0.15, 0.2) is 12.1 Å². The number of nitrogens with zero attached hydrogens (tertiary/aromatic N) is 2. The largest absolute Gasteiger partial charge is 0.389 e. The Bertz CT molecular complexity index is 445. The number of nitrogens with two attached hydrogens (primary N) is 1. The number of anilines is 1. The lowest BCUT2D eigenvalue weighted by molar-refractivity contribution is 0.529. The molecule has 1 unspecified atom stereocenters. The molecular weight excluding hydrogens is 242 g/mol. The molecule has 0 spiro atoms. The fourth-order valence-corrected chi connectivity index (χ4v) is 2.76. The van der Waals surface area contributed by atoms with E-state index in [1.54, 1.807) is 0 Å². The lowest BCUT2D eigenvalue weighted by Crippen LogP contribution is -2.22. The number of rotatable bonds is 4. The van der Waals surface area contributed by atoms with Gasteiger partial charge < -0.3 is 10.6 Å². The van der Waals surface area contributed by atoms with Crippen molar-refractivity contribution in [1.29, 1.82) is 0 Å². The standard InChI is InChI=1S/C14H21N3S/c1-3-4-11-5-6-17(9-11)13-8-12(14(15)18)7-10(2)16-13/h7-8,11H,3-6,9H2,1-2H3,(H2,15,18). The Morgan fingerprint density at radius 2 is 2.33 bits per heavy atom. The molecule has 4 heteroatoms. The Balaban J connectivity index is 2.16. The van der Waals surface area contributed by atoms with Crippen LogP contribution < -0.4 is 10.6 Å². The number of hydrogen-bond donors (Lipinski definition) is 1. The lowest BCUT2D eigenvalue weighted by atomic mass is 10.0. The molecule has 0 saturated carbocycles. The van der Waals surface area contributed by atoms with Crippen molar-refractivity contribution in [2.75, 3.05) is 18.0 Å². The van der Waals surface area contributed by atoms with Crippen molar-refractivity contribution in [1.82, 2.24) is 4.98 Å². The van der Waals surface area contributed by atoms with Gasteiger partial charge in [0.2, 0.25) is 0 Å². The minimum Gasteiger partial charge on any atom is -0.389 e. The van der Waals surface area contributed by atoms with E-state index in [-0.39, 0.29) is 0 Å². The maximum absolute atomic E-state index is 5.71. The van der Waals surface area contributed by atoms with Crippen LogP contribution in [0, 0.1) is 12.8 Å². The molecule has 1 atom stereocenters. The van der Waals surface area contributed by atoms with Gasteiger partial charge >= 0.3 is 0 Å². The van der Waals surface area contributed by atoms with Crippen molar-refractivity contribution >= 4 is 23.0 Å². The van der Waals surface area contributed by atoms with Crippen LogP contribution in [0.3, 0.4) is 0 Å². The summed E-state index contributed by atoms with van der Waals surface area (Å²) in [5.41, 5.74) is 7.61. The molecule has 0 aromatic carbocycles. The molecule has 0 amide bonds. The van der Waals surface area contributed by atoms with Crippen LogP contribution in [-0.4, -0.2) is 23.1 Å². The number of aromatic nitrogens is 1. The highest BCUT2D eigenvalue weighted by molar-refractivity contribution is 7.80. The van der Waals surface area contributed by atoms with E-state index in [1.807, 2.05) is 19.1 Å². The van der Waals surface area contributed by atoms with E-state index in [2.05, 4.69) is 16.8 Å². The zero-order chi connectivity index (χ0) is 13.1. The molecule has 1 aromatic heterocycles. The monoisotopic (exact) mass is 263 g/mol. The maximum Gasteiger partial charge on any atom is 0.129 e. The zero-order valence-electron chi connectivity index (χ0n) is 11.1. The first-order valence-corrected chi connectivity index (χ1v) is 7.04. The van der Waals surface area contributed by atoms with Crippen LogP contribution in [0.5, 0.6) is 0 Å².